The molecule has 36 heavy (non-hydrogen) atoms. The maximum atomic E-state index is 13.4. The lowest BCUT2D eigenvalue weighted by Crippen LogP contribution is -3.15. The summed E-state index contributed by atoms with van der Waals surface area (Å²) in [7, 11) is 0. The normalized spacial score (nSPS) is 26.1. The molecule has 1 aliphatic heterocycles. The average Bonchev–Trinajstić information content (AvgIpc) is 2.69. The zero-order valence-corrected chi connectivity index (χ0v) is 18.0. The van der Waals surface area contributed by atoms with Crippen molar-refractivity contribution in [2.24, 2.45) is 11.8 Å². The first-order chi connectivity index (χ1) is 16.1. The number of ether oxygens (including phenoxy) is 2. The number of hydrogen-bond donors (Lipinski definition) is 3. The van der Waals surface area contributed by atoms with Crippen LogP contribution in [0.5, 0.6) is 0 Å². The van der Waals surface area contributed by atoms with Crippen LogP contribution in [0.2, 0.25) is 0 Å². The predicted octanol–water partition coefficient (Wildman–Crippen LogP) is 1.94. The first kappa shape index (κ1) is 30.7. The van der Waals surface area contributed by atoms with Crippen LogP contribution in [0.1, 0.15) is 19.3 Å². The van der Waals surface area contributed by atoms with Crippen molar-refractivity contribution in [2.45, 2.75) is 61.3 Å². The zero-order valence-electron chi connectivity index (χ0n) is 18.0. The molecule has 0 bridgehead atoms. The summed E-state index contributed by atoms with van der Waals surface area (Å²) in [5, 5.41) is 19.3. The molecule has 0 spiro atoms. The molecule has 212 valence electrons. The predicted molar refractivity (Wildman–Crippen MR) is 91.2 cm³/mol. The summed E-state index contributed by atoms with van der Waals surface area (Å²) in [4.78, 5) is 12.7. The van der Waals surface area contributed by atoms with Crippen molar-refractivity contribution in [1.82, 2.24) is 0 Å². The highest BCUT2D eigenvalue weighted by Gasteiger charge is 2.78. The summed E-state index contributed by atoms with van der Waals surface area (Å²) in [5.74, 6) is -8.07. The molecule has 6 nitrogen and oxygen atoms in total. The Bertz CT molecular complexity index is 698. The molecule has 3 N–H and O–H groups in total. The van der Waals surface area contributed by atoms with Gasteiger partial charge in [0.25, 0.3) is 11.2 Å². The van der Waals surface area contributed by atoms with Gasteiger partial charge in [0.15, 0.2) is 6.54 Å². The number of carbonyl (C=O) groups is 1. The molecule has 1 saturated heterocycles. The Balaban J connectivity index is 2.48. The van der Waals surface area contributed by atoms with Gasteiger partial charge in [-0.15, -0.1) is 0 Å². The molecule has 2 aliphatic rings. The zero-order chi connectivity index (χ0) is 28.0. The van der Waals surface area contributed by atoms with E-state index in [1.165, 1.54) is 0 Å². The van der Waals surface area contributed by atoms with E-state index >= 15 is 0 Å². The summed E-state index contributed by atoms with van der Waals surface area (Å²) < 4.78 is 170. The molecule has 1 heterocycles. The summed E-state index contributed by atoms with van der Waals surface area (Å²) >= 11 is 0. The van der Waals surface area contributed by atoms with Crippen molar-refractivity contribution >= 4 is 5.97 Å². The summed E-state index contributed by atoms with van der Waals surface area (Å²) in [6.45, 7) is 0.222. The molecule has 0 aromatic carbocycles. The van der Waals surface area contributed by atoms with Crippen molar-refractivity contribution < 1.29 is 82.1 Å². The minimum atomic E-state index is -6.58. The number of hydrogen-bond acceptors (Lipinski definition) is 5. The summed E-state index contributed by atoms with van der Waals surface area (Å²) in [6, 6.07) is 0. The van der Waals surface area contributed by atoms with E-state index in [1.807, 2.05) is 0 Å². The Morgan fingerprint density at radius 3 is 1.42 bits per heavy atom. The van der Waals surface area contributed by atoms with Gasteiger partial charge in [-0.25, -0.2) is 4.79 Å². The van der Waals surface area contributed by atoms with Crippen molar-refractivity contribution in [2.75, 3.05) is 32.8 Å². The van der Waals surface area contributed by atoms with E-state index < -0.39 is 85.6 Å². The fourth-order valence-corrected chi connectivity index (χ4v) is 4.56. The Kier molecular flexibility index (Phi) is 8.51. The number of alkyl halides is 12. The van der Waals surface area contributed by atoms with Crippen molar-refractivity contribution in [3.8, 4) is 0 Å². The van der Waals surface area contributed by atoms with Crippen LogP contribution in [0.15, 0.2) is 0 Å². The summed E-state index contributed by atoms with van der Waals surface area (Å²) in [5.41, 5.74) is -11.5. The van der Waals surface area contributed by atoms with Crippen LogP contribution in [0.3, 0.4) is 0 Å². The molecule has 2 fully saturated rings. The van der Waals surface area contributed by atoms with Crippen LogP contribution in [0, 0.1) is 11.8 Å². The second-order valence-electron chi connectivity index (χ2n) is 8.78. The molecule has 0 radical (unpaired) electrons. The standard InChI is InChI=1S/C18H21F12NO5/c19-15(20,21)13(33,16(22,23)24)9-5-10(14(34,17(25,26)27)18(28,29)30)7-11(6-9)36-12(32)8-31-1-3-35-4-2-31/h9-11,33-34H,1-8H2/p+1. The maximum Gasteiger partial charge on any atom is 0.426 e. The molecule has 18 heteroatoms. The average molecular weight is 560 g/mol. The first-order valence-corrected chi connectivity index (χ1v) is 10.4. The van der Waals surface area contributed by atoms with Gasteiger partial charge in [0.2, 0.25) is 0 Å². The SMILES string of the molecule is O=C(C[NH+]1CCOCC1)OC1CC(C(O)(C(F)(F)F)C(F)(F)F)CC(C(O)(C(F)(F)F)C(F)(F)F)C1. The highest BCUT2D eigenvalue weighted by molar-refractivity contribution is 5.70. The third-order valence-electron chi connectivity index (χ3n) is 6.47. The van der Waals surface area contributed by atoms with Crippen LogP contribution in [0.4, 0.5) is 52.7 Å². The minimum absolute atomic E-state index is 0.171. The molecular formula is C18H22F12NO5+. The molecule has 1 saturated carbocycles. The van der Waals surface area contributed by atoms with E-state index in [9.17, 15) is 67.7 Å². The molecule has 2 atom stereocenters. The first-order valence-electron chi connectivity index (χ1n) is 10.4. The van der Waals surface area contributed by atoms with Gasteiger partial charge in [0.05, 0.1) is 13.2 Å². The Labute approximate surface area is 195 Å². The lowest BCUT2D eigenvalue weighted by atomic mass is 9.65. The van der Waals surface area contributed by atoms with E-state index in [2.05, 4.69) is 0 Å². The number of esters is 1. The number of quaternary nitrogens is 1. The van der Waals surface area contributed by atoms with Gasteiger partial charge in [0, 0.05) is 11.8 Å². The number of rotatable bonds is 5. The lowest BCUT2D eigenvalue weighted by molar-refractivity contribution is -0.900. The smallest absolute Gasteiger partial charge is 0.426 e. The van der Waals surface area contributed by atoms with Crippen molar-refractivity contribution in [3.63, 3.8) is 0 Å². The fourth-order valence-electron chi connectivity index (χ4n) is 4.56. The van der Waals surface area contributed by atoms with Gasteiger partial charge < -0.3 is 24.6 Å². The number of aliphatic hydroxyl groups is 2. The van der Waals surface area contributed by atoms with Gasteiger partial charge in [-0.3, -0.25) is 0 Å². The molecular weight excluding hydrogens is 538 g/mol. The monoisotopic (exact) mass is 560 g/mol. The van der Waals surface area contributed by atoms with E-state index in [0.717, 1.165) is 0 Å². The maximum absolute atomic E-state index is 13.4. The van der Waals surface area contributed by atoms with E-state index in [0.29, 0.717) is 4.90 Å². The Morgan fingerprint density at radius 2 is 1.08 bits per heavy atom. The molecule has 1 aliphatic carbocycles. The molecule has 0 amide bonds. The third-order valence-corrected chi connectivity index (χ3v) is 6.47. The Morgan fingerprint density at radius 1 is 0.722 bits per heavy atom. The van der Waals surface area contributed by atoms with Crippen LogP contribution in [-0.2, 0) is 14.3 Å². The van der Waals surface area contributed by atoms with E-state index in [1.54, 1.807) is 0 Å². The molecule has 2 unspecified atom stereocenters. The summed E-state index contributed by atoms with van der Waals surface area (Å²) in [6.07, 6.45) is -34.0. The number of carbonyl (C=O) groups excluding carboxylic acids is 1. The van der Waals surface area contributed by atoms with E-state index in [4.69, 9.17) is 9.47 Å². The van der Waals surface area contributed by atoms with Gasteiger partial charge >= 0.3 is 30.7 Å². The quantitative estimate of drug-likeness (QED) is 0.354. The molecule has 0 aromatic heterocycles. The molecule has 2 rings (SSSR count). The van der Waals surface area contributed by atoms with Gasteiger partial charge in [0.1, 0.15) is 19.2 Å². The number of halogens is 12. The van der Waals surface area contributed by atoms with Crippen LogP contribution >= 0.6 is 0 Å². The number of morpholine rings is 1. The second-order valence-corrected chi connectivity index (χ2v) is 8.78. The van der Waals surface area contributed by atoms with Crippen LogP contribution in [-0.4, -0.2) is 91.0 Å². The van der Waals surface area contributed by atoms with Gasteiger partial charge in [-0.1, -0.05) is 0 Å². The number of nitrogens with one attached hydrogen (secondary N) is 1. The van der Waals surface area contributed by atoms with Crippen LogP contribution in [0.25, 0.3) is 0 Å². The highest BCUT2D eigenvalue weighted by Crippen LogP contribution is 2.57. The van der Waals surface area contributed by atoms with Crippen LogP contribution < -0.4 is 4.90 Å². The van der Waals surface area contributed by atoms with Crippen molar-refractivity contribution in [3.05, 3.63) is 0 Å². The second kappa shape index (κ2) is 9.98. The van der Waals surface area contributed by atoms with Gasteiger partial charge in [-0.2, -0.15) is 52.7 Å². The lowest BCUT2D eigenvalue weighted by Gasteiger charge is -2.48. The third kappa shape index (κ3) is 5.80. The molecule has 0 aromatic rings. The highest BCUT2D eigenvalue weighted by atomic mass is 19.4. The van der Waals surface area contributed by atoms with Gasteiger partial charge in [-0.05, 0) is 19.3 Å². The topological polar surface area (TPSA) is 80.4 Å². The van der Waals surface area contributed by atoms with Crippen molar-refractivity contribution in [1.29, 1.82) is 0 Å². The minimum Gasteiger partial charge on any atom is -0.458 e. The largest absolute Gasteiger partial charge is 0.458 e. The van der Waals surface area contributed by atoms with E-state index in [-0.39, 0.29) is 26.3 Å². The Hall–Kier alpha value is -1.53. The fraction of sp³-hybridized carbons (Fsp3) is 0.944.